The normalized spacial score (nSPS) is 10.3. The van der Waals surface area contributed by atoms with Crippen molar-refractivity contribution in [2.45, 2.75) is 6.92 Å². The van der Waals surface area contributed by atoms with Gasteiger partial charge in [-0.15, -0.1) is 0 Å². The summed E-state index contributed by atoms with van der Waals surface area (Å²) in [5.74, 6) is 0.183. The van der Waals surface area contributed by atoms with Gasteiger partial charge in [0.15, 0.2) is 17.3 Å². The van der Waals surface area contributed by atoms with Crippen molar-refractivity contribution < 1.29 is 19.1 Å². The minimum atomic E-state index is -0.453. The summed E-state index contributed by atoms with van der Waals surface area (Å²) in [6.07, 6.45) is 0. The summed E-state index contributed by atoms with van der Waals surface area (Å²) in [5, 5.41) is 0. The average Bonchev–Trinajstić information content (AvgIpc) is 2.27. The highest BCUT2D eigenvalue weighted by molar-refractivity contribution is 5.98. The number of Topliss-reactive ketones (excluding diaryl/α,β-unsaturated/α-hetero) is 1. The van der Waals surface area contributed by atoms with Crippen LogP contribution in [0.15, 0.2) is 18.2 Å². The fraction of sp³-hybridized carbons (Fsp3) is 0.385. The molecule has 0 amide bonds. The lowest BCUT2D eigenvalue weighted by atomic mass is 10.1. The van der Waals surface area contributed by atoms with Crippen molar-refractivity contribution in [3.8, 4) is 11.5 Å². The van der Waals surface area contributed by atoms with Crippen LogP contribution in [0.1, 0.15) is 17.3 Å². The maximum Gasteiger partial charge on any atom is 0.308 e. The fourth-order valence-electron chi connectivity index (χ4n) is 1.46. The van der Waals surface area contributed by atoms with E-state index in [1.54, 1.807) is 17.0 Å². The highest BCUT2D eigenvalue weighted by Crippen LogP contribution is 2.28. The molecular weight excluding hydrogens is 234 g/mol. The van der Waals surface area contributed by atoms with Gasteiger partial charge >= 0.3 is 5.97 Å². The topological polar surface area (TPSA) is 55.8 Å². The number of ether oxygens (including phenoxy) is 2. The molecule has 0 atom stereocenters. The zero-order valence-corrected chi connectivity index (χ0v) is 11.0. The Hall–Kier alpha value is -1.88. The Morgan fingerprint density at radius 2 is 1.89 bits per heavy atom. The molecule has 0 aliphatic heterocycles. The number of likely N-dealkylation sites (N-methyl/N-ethyl adjacent to an activating group) is 1. The van der Waals surface area contributed by atoms with E-state index in [-0.39, 0.29) is 11.5 Å². The first kappa shape index (κ1) is 14.2. The van der Waals surface area contributed by atoms with Crippen LogP contribution in [0, 0.1) is 0 Å². The van der Waals surface area contributed by atoms with Gasteiger partial charge in [0.1, 0.15) is 0 Å². The van der Waals surface area contributed by atoms with Gasteiger partial charge in [-0.2, -0.15) is 0 Å². The lowest BCUT2D eigenvalue weighted by Crippen LogP contribution is -2.21. The molecule has 1 rings (SSSR count). The molecule has 0 aromatic heterocycles. The predicted octanol–water partition coefficient (Wildman–Crippen LogP) is 1.36. The number of benzene rings is 1. The molecular formula is C13H17NO4. The van der Waals surface area contributed by atoms with Gasteiger partial charge in [0.25, 0.3) is 0 Å². The van der Waals surface area contributed by atoms with E-state index in [4.69, 9.17) is 9.47 Å². The van der Waals surface area contributed by atoms with Crippen LogP contribution >= 0.6 is 0 Å². The molecule has 0 spiro atoms. The third-order valence-electron chi connectivity index (χ3n) is 2.20. The SMILES string of the molecule is COc1ccc(C(=O)CN(C)C)cc1OC(C)=O. The van der Waals surface area contributed by atoms with Gasteiger partial charge in [-0.1, -0.05) is 0 Å². The predicted molar refractivity (Wildman–Crippen MR) is 67.2 cm³/mol. The van der Waals surface area contributed by atoms with Gasteiger partial charge in [-0.25, -0.2) is 0 Å². The minimum absolute atomic E-state index is 0.0453. The zero-order chi connectivity index (χ0) is 13.7. The number of nitrogens with zero attached hydrogens (tertiary/aromatic N) is 1. The smallest absolute Gasteiger partial charge is 0.308 e. The van der Waals surface area contributed by atoms with E-state index in [1.165, 1.54) is 20.1 Å². The fourth-order valence-corrected chi connectivity index (χ4v) is 1.46. The number of carbonyl (C=O) groups is 2. The largest absolute Gasteiger partial charge is 0.493 e. The minimum Gasteiger partial charge on any atom is -0.493 e. The first-order valence-electron chi connectivity index (χ1n) is 5.48. The molecule has 5 heteroatoms. The Balaban J connectivity index is 3.02. The third kappa shape index (κ3) is 3.85. The number of methoxy groups -OCH3 is 1. The second-order valence-corrected chi connectivity index (χ2v) is 4.12. The van der Waals surface area contributed by atoms with Gasteiger partial charge < -0.3 is 14.4 Å². The molecule has 0 N–H and O–H groups in total. The zero-order valence-electron chi connectivity index (χ0n) is 11.0. The summed E-state index contributed by atoms with van der Waals surface area (Å²) in [4.78, 5) is 24.6. The molecule has 5 nitrogen and oxygen atoms in total. The van der Waals surface area contributed by atoms with E-state index in [9.17, 15) is 9.59 Å². The molecule has 0 fully saturated rings. The second kappa shape index (κ2) is 6.16. The molecule has 0 radical (unpaired) electrons. The van der Waals surface area contributed by atoms with Gasteiger partial charge in [0, 0.05) is 12.5 Å². The number of hydrogen-bond acceptors (Lipinski definition) is 5. The quantitative estimate of drug-likeness (QED) is 0.449. The number of rotatable bonds is 5. The van der Waals surface area contributed by atoms with E-state index in [0.717, 1.165) is 0 Å². The van der Waals surface area contributed by atoms with E-state index in [1.807, 2.05) is 14.1 Å². The van der Waals surface area contributed by atoms with Gasteiger partial charge in [0.05, 0.1) is 13.7 Å². The van der Waals surface area contributed by atoms with Crippen LogP contribution < -0.4 is 9.47 Å². The molecule has 18 heavy (non-hydrogen) atoms. The van der Waals surface area contributed by atoms with Gasteiger partial charge in [0.2, 0.25) is 0 Å². The summed E-state index contributed by atoms with van der Waals surface area (Å²) in [7, 11) is 5.10. The first-order chi connectivity index (χ1) is 8.43. The summed E-state index contributed by atoms with van der Waals surface area (Å²) in [6.45, 7) is 1.60. The van der Waals surface area contributed by atoms with Crippen molar-refractivity contribution in [2.24, 2.45) is 0 Å². The van der Waals surface area contributed by atoms with E-state index >= 15 is 0 Å². The molecule has 0 aliphatic rings. The summed E-state index contributed by atoms with van der Waals surface area (Å²) >= 11 is 0. The van der Waals surface area contributed by atoms with Crippen LogP contribution in [-0.4, -0.2) is 44.4 Å². The molecule has 0 aliphatic carbocycles. The van der Waals surface area contributed by atoms with Crippen molar-refractivity contribution in [2.75, 3.05) is 27.7 Å². The van der Waals surface area contributed by atoms with Crippen molar-refractivity contribution in [1.29, 1.82) is 0 Å². The summed E-state index contributed by atoms with van der Waals surface area (Å²) in [6, 6.07) is 4.78. The molecule has 0 saturated carbocycles. The maximum absolute atomic E-state index is 11.9. The maximum atomic E-state index is 11.9. The van der Waals surface area contributed by atoms with Crippen molar-refractivity contribution in [3.05, 3.63) is 23.8 Å². The van der Waals surface area contributed by atoms with E-state index < -0.39 is 5.97 Å². The number of carbonyl (C=O) groups excluding carboxylic acids is 2. The highest BCUT2D eigenvalue weighted by Gasteiger charge is 2.13. The van der Waals surface area contributed by atoms with Gasteiger partial charge in [-0.05, 0) is 32.3 Å². The van der Waals surface area contributed by atoms with Crippen LogP contribution in [-0.2, 0) is 4.79 Å². The number of esters is 1. The Labute approximate surface area is 106 Å². The lowest BCUT2D eigenvalue weighted by molar-refractivity contribution is -0.132. The third-order valence-corrected chi connectivity index (χ3v) is 2.20. The van der Waals surface area contributed by atoms with E-state index in [2.05, 4.69) is 0 Å². The number of hydrogen-bond donors (Lipinski definition) is 0. The Morgan fingerprint density at radius 1 is 1.22 bits per heavy atom. The number of ketones is 1. The van der Waals surface area contributed by atoms with Crippen molar-refractivity contribution >= 4 is 11.8 Å². The molecule has 0 bridgehead atoms. The Bertz CT molecular complexity index is 454. The highest BCUT2D eigenvalue weighted by atomic mass is 16.6. The van der Waals surface area contributed by atoms with Crippen LogP contribution in [0.5, 0.6) is 11.5 Å². The summed E-state index contributed by atoms with van der Waals surface area (Å²) < 4.78 is 10.1. The van der Waals surface area contributed by atoms with Crippen molar-refractivity contribution in [3.63, 3.8) is 0 Å². The Kier molecular flexibility index (Phi) is 4.85. The monoisotopic (exact) mass is 251 g/mol. The standard InChI is InChI=1S/C13H17NO4/c1-9(15)18-13-7-10(5-6-12(13)17-4)11(16)8-14(2)3/h5-7H,8H2,1-4H3. The molecule has 0 heterocycles. The first-order valence-corrected chi connectivity index (χ1v) is 5.48. The van der Waals surface area contributed by atoms with Crippen LogP contribution in [0.4, 0.5) is 0 Å². The Morgan fingerprint density at radius 3 is 2.39 bits per heavy atom. The van der Waals surface area contributed by atoms with E-state index in [0.29, 0.717) is 17.9 Å². The molecule has 1 aromatic rings. The molecule has 98 valence electrons. The average molecular weight is 251 g/mol. The second-order valence-electron chi connectivity index (χ2n) is 4.12. The molecule has 1 aromatic carbocycles. The van der Waals surface area contributed by atoms with Crippen LogP contribution in [0.3, 0.4) is 0 Å². The lowest BCUT2D eigenvalue weighted by Gasteiger charge is -2.11. The molecule has 0 saturated heterocycles. The van der Waals surface area contributed by atoms with Gasteiger partial charge in [-0.3, -0.25) is 9.59 Å². The van der Waals surface area contributed by atoms with Crippen LogP contribution in [0.2, 0.25) is 0 Å². The molecule has 0 unspecified atom stereocenters. The van der Waals surface area contributed by atoms with Crippen LogP contribution in [0.25, 0.3) is 0 Å². The summed E-state index contributed by atoms with van der Waals surface area (Å²) in [5.41, 5.74) is 0.487. The van der Waals surface area contributed by atoms with Crippen molar-refractivity contribution in [1.82, 2.24) is 4.90 Å².